The molecule has 0 saturated carbocycles. The van der Waals surface area contributed by atoms with E-state index < -0.39 is 0 Å². The van der Waals surface area contributed by atoms with Crippen LogP contribution in [0.25, 0.3) is 5.82 Å². The number of hydrogen-bond acceptors (Lipinski definition) is 4. The second-order valence-electron chi connectivity index (χ2n) is 3.03. The maximum absolute atomic E-state index is 10.8. The molecular weight excluding hydrogens is 251 g/mol. The molecule has 5 nitrogen and oxygen atoms in total. The van der Waals surface area contributed by atoms with E-state index in [9.17, 15) is 4.79 Å². The van der Waals surface area contributed by atoms with Crippen LogP contribution in [0.5, 0.6) is 0 Å². The average Bonchev–Trinajstić information content (AvgIpc) is 2.55. The Labute approximate surface area is 101 Å². The number of aromatic nitrogens is 4. The van der Waals surface area contributed by atoms with E-state index in [1.165, 1.54) is 4.68 Å². The van der Waals surface area contributed by atoms with Gasteiger partial charge in [0.15, 0.2) is 17.3 Å². The maximum atomic E-state index is 10.8. The van der Waals surface area contributed by atoms with Crippen molar-refractivity contribution in [3.8, 4) is 5.82 Å². The topological polar surface area (TPSA) is 60.7 Å². The number of carbonyl (C=O) groups excluding carboxylic acids is 1. The lowest BCUT2D eigenvalue weighted by Crippen LogP contribution is -2.01. The van der Waals surface area contributed by atoms with Crippen LogP contribution < -0.4 is 0 Å². The molecule has 7 heteroatoms. The van der Waals surface area contributed by atoms with Gasteiger partial charge < -0.3 is 0 Å². The molecule has 2 aromatic heterocycles. The highest BCUT2D eigenvalue weighted by Gasteiger charge is 2.14. The second-order valence-corrected chi connectivity index (χ2v) is 3.78. The highest BCUT2D eigenvalue weighted by Crippen LogP contribution is 2.20. The number of hydrogen-bond donors (Lipinski definition) is 0. The lowest BCUT2D eigenvalue weighted by atomic mass is 10.3. The van der Waals surface area contributed by atoms with Crippen molar-refractivity contribution < 1.29 is 4.79 Å². The monoisotopic (exact) mass is 256 g/mol. The van der Waals surface area contributed by atoms with E-state index in [-0.39, 0.29) is 10.3 Å². The fourth-order valence-corrected chi connectivity index (χ4v) is 1.63. The third-order valence-corrected chi connectivity index (χ3v) is 2.57. The van der Waals surface area contributed by atoms with Gasteiger partial charge in [-0.25, -0.2) is 4.68 Å². The van der Waals surface area contributed by atoms with Gasteiger partial charge in [0.2, 0.25) is 0 Å². The molecule has 82 valence electrons. The molecule has 0 saturated heterocycles. The molecule has 0 aliphatic heterocycles. The molecule has 2 rings (SSSR count). The Morgan fingerprint density at radius 3 is 2.56 bits per heavy atom. The van der Waals surface area contributed by atoms with Crippen LogP contribution >= 0.6 is 23.2 Å². The van der Waals surface area contributed by atoms with Crippen molar-refractivity contribution in [2.75, 3.05) is 0 Å². The fraction of sp³-hybridized carbons (Fsp3) is 0.111. The van der Waals surface area contributed by atoms with Gasteiger partial charge in [-0.1, -0.05) is 23.2 Å². The summed E-state index contributed by atoms with van der Waals surface area (Å²) in [5.41, 5.74) is 0.884. The summed E-state index contributed by atoms with van der Waals surface area (Å²) in [6.07, 6.45) is 0.657. The zero-order valence-electron chi connectivity index (χ0n) is 8.19. The molecule has 2 heterocycles. The molecular formula is C9H6Cl2N4O. The predicted molar refractivity (Wildman–Crippen MR) is 59.3 cm³/mol. The van der Waals surface area contributed by atoms with E-state index in [0.29, 0.717) is 23.4 Å². The summed E-state index contributed by atoms with van der Waals surface area (Å²) in [5.74, 6) is 0.408. The molecule has 0 bridgehead atoms. The zero-order valence-corrected chi connectivity index (χ0v) is 9.70. The van der Waals surface area contributed by atoms with Crippen LogP contribution in [0.2, 0.25) is 10.3 Å². The maximum Gasteiger partial charge on any atom is 0.177 e. The van der Waals surface area contributed by atoms with Gasteiger partial charge in [-0.05, 0) is 19.1 Å². The first-order valence-electron chi connectivity index (χ1n) is 4.33. The van der Waals surface area contributed by atoms with E-state index in [4.69, 9.17) is 23.2 Å². The molecule has 16 heavy (non-hydrogen) atoms. The third-order valence-electron chi connectivity index (χ3n) is 2.00. The third kappa shape index (κ3) is 1.79. The van der Waals surface area contributed by atoms with Crippen molar-refractivity contribution in [3.63, 3.8) is 0 Å². The number of rotatable bonds is 2. The predicted octanol–water partition coefficient (Wildman–Crippen LogP) is 2.09. The molecule has 0 aliphatic carbocycles. The molecule has 0 unspecified atom stereocenters. The Balaban J connectivity index is 2.56. The van der Waals surface area contributed by atoms with Gasteiger partial charge in [0.1, 0.15) is 5.15 Å². The molecule has 0 aliphatic rings. The molecule has 0 amide bonds. The smallest absolute Gasteiger partial charge is 0.177 e. The van der Waals surface area contributed by atoms with E-state index in [1.807, 2.05) is 0 Å². The largest absolute Gasteiger partial charge is 0.298 e. The minimum atomic E-state index is 0.212. The van der Waals surface area contributed by atoms with Crippen LogP contribution in [0, 0.1) is 6.92 Å². The van der Waals surface area contributed by atoms with Crippen LogP contribution in [0.15, 0.2) is 12.1 Å². The van der Waals surface area contributed by atoms with Crippen LogP contribution in [0.3, 0.4) is 0 Å². The molecule has 0 radical (unpaired) electrons. The Hall–Kier alpha value is -1.46. The van der Waals surface area contributed by atoms with Gasteiger partial charge in [0, 0.05) is 0 Å². The van der Waals surface area contributed by atoms with Crippen LogP contribution in [-0.4, -0.2) is 26.3 Å². The molecule has 0 aromatic carbocycles. The Kier molecular flexibility index (Phi) is 2.89. The van der Waals surface area contributed by atoms with Crippen molar-refractivity contribution >= 4 is 29.5 Å². The summed E-state index contributed by atoms with van der Waals surface area (Å²) >= 11 is 11.6. The number of nitrogens with zero attached hydrogens (tertiary/aromatic N) is 4. The summed E-state index contributed by atoms with van der Waals surface area (Å²) in [5, 5.41) is 12.1. The van der Waals surface area contributed by atoms with Gasteiger partial charge in [-0.3, -0.25) is 4.79 Å². The average molecular weight is 257 g/mol. The first-order valence-corrected chi connectivity index (χ1v) is 5.09. The van der Waals surface area contributed by atoms with Crippen molar-refractivity contribution in [1.29, 1.82) is 0 Å². The molecule has 0 atom stereocenters. The van der Waals surface area contributed by atoms with E-state index >= 15 is 0 Å². The lowest BCUT2D eigenvalue weighted by molar-refractivity contribution is 0.112. The Bertz CT molecular complexity index is 535. The number of aldehydes is 1. The molecule has 2 aromatic rings. The van der Waals surface area contributed by atoms with Crippen molar-refractivity contribution in [1.82, 2.24) is 20.0 Å². The van der Waals surface area contributed by atoms with Gasteiger partial charge in [-0.2, -0.15) is 5.10 Å². The summed E-state index contributed by atoms with van der Waals surface area (Å²) in [4.78, 5) is 10.8. The van der Waals surface area contributed by atoms with E-state index in [0.717, 1.165) is 0 Å². The highest BCUT2D eigenvalue weighted by molar-refractivity contribution is 6.32. The Morgan fingerprint density at radius 1 is 1.31 bits per heavy atom. The first kappa shape index (κ1) is 11.0. The van der Waals surface area contributed by atoms with Gasteiger partial charge in [0.05, 0.1) is 11.3 Å². The van der Waals surface area contributed by atoms with Crippen molar-refractivity contribution in [2.45, 2.75) is 6.92 Å². The van der Waals surface area contributed by atoms with Crippen molar-refractivity contribution in [3.05, 3.63) is 33.7 Å². The molecule has 0 fully saturated rings. The van der Waals surface area contributed by atoms with Gasteiger partial charge >= 0.3 is 0 Å². The first-order chi connectivity index (χ1) is 7.63. The lowest BCUT2D eigenvalue weighted by Gasteiger charge is -1.99. The van der Waals surface area contributed by atoms with Crippen LogP contribution in [0.1, 0.15) is 16.1 Å². The summed E-state index contributed by atoms with van der Waals surface area (Å²) in [6, 6.07) is 3.18. The SMILES string of the molecule is Cc1nn(-c2ccc(Cl)nn2)c(Cl)c1C=O. The number of halogens is 2. The highest BCUT2D eigenvalue weighted by atomic mass is 35.5. The normalized spacial score (nSPS) is 10.4. The number of carbonyl (C=O) groups is 1. The van der Waals surface area contributed by atoms with Crippen LogP contribution in [-0.2, 0) is 0 Å². The zero-order chi connectivity index (χ0) is 11.7. The molecule has 0 N–H and O–H groups in total. The van der Waals surface area contributed by atoms with E-state index in [2.05, 4.69) is 15.3 Å². The Morgan fingerprint density at radius 2 is 2.06 bits per heavy atom. The molecule has 0 spiro atoms. The number of aryl methyl sites for hydroxylation is 1. The second kappa shape index (κ2) is 4.19. The minimum Gasteiger partial charge on any atom is -0.298 e. The fourth-order valence-electron chi connectivity index (χ4n) is 1.22. The standard InChI is InChI=1S/C9H6Cl2N4O/c1-5-6(4-16)9(11)15(14-5)8-3-2-7(10)12-13-8/h2-4H,1H3. The summed E-state index contributed by atoms with van der Waals surface area (Å²) in [7, 11) is 0. The van der Waals surface area contributed by atoms with Gasteiger partial charge in [0.25, 0.3) is 0 Å². The van der Waals surface area contributed by atoms with E-state index in [1.54, 1.807) is 19.1 Å². The van der Waals surface area contributed by atoms with Crippen molar-refractivity contribution in [2.24, 2.45) is 0 Å². The summed E-state index contributed by atoms with van der Waals surface area (Å²) < 4.78 is 1.34. The minimum absolute atomic E-state index is 0.212. The van der Waals surface area contributed by atoms with Crippen LogP contribution in [0.4, 0.5) is 0 Å². The quantitative estimate of drug-likeness (QED) is 0.773. The van der Waals surface area contributed by atoms with Gasteiger partial charge in [-0.15, -0.1) is 10.2 Å². The summed E-state index contributed by atoms with van der Waals surface area (Å²) in [6.45, 7) is 1.69.